The number of likely N-dealkylation sites (tertiary alicyclic amines) is 1. The highest BCUT2D eigenvalue weighted by Crippen LogP contribution is 2.29. The number of primary amides is 1. The average Bonchev–Trinajstić information content (AvgIpc) is 2.41. The molecular weight excluding hydrogens is 270 g/mol. The Morgan fingerprint density at radius 2 is 1.90 bits per heavy atom. The second-order valence-corrected chi connectivity index (χ2v) is 5.83. The first kappa shape index (κ1) is 15.3. The van der Waals surface area contributed by atoms with Crippen LogP contribution in [0.25, 0.3) is 0 Å². The summed E-state index contributed by atoms with van der Waals surface area (Å²) in [5.41, 5.74) is 5.68. The number of carbonyl (C=O) groups is 2. The number of benzene rings is 1. The van der Waals surface area contributed by atoms with Crippen molar-refractivity contribution in [2.75, 3.05) is 13.1 Å². The van der Waals surface area contributed by atoms with Crippen LogP contribution in [0.1, 0.15) is 29.8 Å². The van der Waals surface area contributed by atoms with Gasteiger partial charge in [-0.3, -0.25) is 4.79 Å². The summed E-state index contributed by atoms with van der Waals surface area (Å²) < 4.78 is 0. The van der Waals surface area contributed by atoms with Gasteiger partial charge >= 0.3 is 6.03 Å². The molecule has 0 aliphatic carbocycles. The number of hydrogen-bond donors (Lipinski definition) is 3. The smallest absolute Gasteiger partial charge is 0.312 e. The number of nitrogens with two attached hydrogens (primary N) is 1. The molecular formula is C15H21N3O3. The van der Waals surface area contributed by atoms with Crippen LogP contribution in [-0.4, -0.2) is 40.6 Å². The monoisotopic (exact) mass is 291 g/mol. The fourth-order valence-electron chi connectivity index (χ4n) is 2.26. The predicted octanol–water partition coefficient (Wildman–Crippen LogP) is 0.698. The number of urea groups is 1. The van der Waals surface area contributed by atoms with Crippen molar-refractivity contribution in [3.05, 3.63) is 35.4 Å². The van der Waals surface area contributed by atoms with Crippen molar-refractivity contribution in [2.45, 2.75) is 26.0 Å². The molecule has 6 heteroatoms. The fraction of sp³-hybridized carbons (Fsp3) is 0.467. The van der Waals surface area contributed by atoms with Crippen LogP contribution in [0.15, 0.2) is 24.3 Å². The van der Waals surface area contributed by atoms with Crippen LogP contribution >= 0.6 is 0 Å². The van der Waals surface area contributed by atoms with Gasteiger partial charge in [-0.2, -0.15) is 0 Å². The number of nitrogens with zero attached hydrogens (tertiary/aromatic N) is 1. The third kappa shape index (κ3) is 3.33. The summed E-state index contributed by atoms with van der Waals surface area (Å²) in [6.07, 6.45) is 0. The Bertz CT molecular complexity index is 534. The summed E-state index contributed by atoms with van der Waals surface area (Å²) >= 11 is 0. The number of β-amino-alcohol motifs (C(OH)–C–C–N with tert-alkyl or cyclic N) is 1. The van der Waals surface area contributed by atoms with E-state index in [0.717, 1.165) is 5.56 Å². The van der Waals surface area contributed by atoms with Crippen LogP contribution in [0.3, 0.4) is 0 Å². The van der Waals surface area contributed by atoms with Crippen molar-refractivity contribution in [1.29, 1.82) is 0 Å². The number of amides is 3. The van der Waals surface area contributed by atoms with Gasteiger partial charge in [-0.05, 0) is 23.6 Å². The Morgan fingerprint density at radius 3 is 2.38 bits per heavy atom. The third-order valence-corrected chi connectivity index (χ3v) is 3.96. The molecule has 0 saturated carbocycles. The Balaban J connectivity index is 1.94. The Morgan fingerprint density at radius 1 is 1.33 bits per heavy atom. The van der Waals surface area contributed by atoms with Crippen molar-refractivity contribution in [3.8, 4) is 0 Å². The van der Waals surface area contributed by atoms with Crippen molar-refractivity contribution >= 4 is 11.9 Å². The van der Waals surface area contributed by atoms with Gasteiger partial charge in [-0.1, -0.05) is 26.0 Å². The molecule has 0 aromatic heterocycles. The lowest BCUT2D eigenvalue weighted by Crippen LogP contribution is -2.65. The number of rotatable bonds is 4. The van der Waals surface area contributed by atoms with E-state index in [-0.39, 0.29) is 11.8 Å². The number of aliphatic hydroxyl groups is 1. The molecule has 1 aromatic rings. The van der Waals surface area contributed by atoms with E-state index in [4.69, 9.17) is 5.73 Å². The minimum atomic E-state index is -0.763. The standard InChI is InChI=1S/C15H21N3O3/c1-10(2)15(21)8-18(9-15)13(19)12-5-3-11(4-6-12)7-17-14(16)20/h3-6,10,21H,7-9H2,1-2H3,(H3,16,17,20). The average molecular weight is 291 g/mol. The third-order valence-electron chi connectivity index (χ3n) is 3.96. The first-order valence-corrected chi connectivity index (χ1v) is 6.96. The van der Waals surface area contributed by atoms with Gasteiger partial charge in [-0.25, -0.2) is 4.79 Å². The van der Waals surface area contributed by atoms with Crippen LogP contribution in [0.2, 0.25) is 0 Å². The Hall–Kier alpha value is -2.08. The van der Waals surface area contributed by atoms with Gasteiger partial charge in [0.25, 0.3) is 5.91 Å². The van der Waals surface area contributed by atoms with E-state index in [9.17, 15) is 14.7 Å². The highest BCUT2D eigenvalue weighted by Gasteiger charge is 2.45. The molecule has 2 rings (SSSR count). The zero-order valence-electron chi connectivity index (χ0n) is 12.3. The van der Waals surface area contributed by atoms with Gasteiger partial charge < -0.3 is 21.1 Å². The van der Waals surface area contributed by atoms with Crippen molar-refractivity contribution in [1.82, 2.24) is 10.2 Å². The molecule has 3 amide bonds. The summed E-state index contributed by atoms with van der Waals surface area (Å²) in [7, 11) is 0. The number of carbonyl (C=O) groups excluding carboxylic acids is 2. The van der Waals surface area contributed by atoms with Crippen LogP contribution in [-0.2, 0) is 6.54 Å². The van der Waals surface area contributed by atoms with Gasteiger partial charge in [0, 0.05) is 12.1 Å². The summed E-state index contributed by atoms with van der Waals surface area (Å²) in [6.45, 7) is 4.97. The highest BCUT2D eigenvalue weighted by molar-refractivity contribution is 5.95. The summed E-state index contributed by atoms with van der Waals surface area (Å²) in [5.74, 6) is 0.0403. The molecule has 6 nitrogen and oxygen atoms in total. The van der Waals surface area contributed by atoms with Crippen molar-refractivity contribution in [3.63, 3.8) is 0 Å². The molecule has 0 radical (unpaired) electrons. The van der Waals surface area contributed by atoms with Crippen molar-refractivity contribution in [2.24, 2.45) is 11.7 Å². The zero-order valence-corrected chi connectivity index (χ0v) is 12.3. The minimum absolute atomic E-state index is 0.0882. The molecule has 0 spiro atoms. The van der Waals surface area contributed by atoms with Crippen LogP contribution in [0, 0.1) is 5.92 Å². The molecule has 21 heavy (non-hydrogen) atoms. The maximum Gasteiger partial charge on any atom is 0.312 e. The van der Waals surface area contributed by atoms with Gasteiger partial charge in [0.05, 0.1) is 13.1 Å². The molecule has 1 aliphatic heterocycles. The molecule has 1 aromatic carbocycles. The summed E-state index contributed by atoms with van der Waals surface area (Å²) in [6, 6.07) is 6.40. The second kappa shape index (κ2) is 5.73. The lowest BCUT2D eigenvalue weighted by atomic mass is 9.82. The maximum atomic E-state index is 12.2. The molecule has 1 fully saturated rings. The van der Waals surface area contributed by atoms with E-state index in [1.165, 1.54) is 0 Å². The quantitative estimate of drug-likeness (QED) is 0.762. The van der Waals surface area contributed by atoms with Gasteiger partial charge in [0.15, 0.2) is 0 Å². The molecule has 0 bridgehead atoms. The first-order valence-electron chi connectivity index (χ1n) is 6.96. The number of hydrogen-bond acceptors (Lipinski definition) is 3. The lowest BCUT2D eigenvalue weighted by Gasteiger charge is -2.49. The van der Waals surface area contributed by atoms with E-state index in [2.05, 4.69) is 5.32 Å². The predicted molar refractivity (Wildman–Crippen MR) is 78.6 cm³/mol. The van der Waals surface area contributed by atoms with E-state index in [1.807, 2.05) is 13.8 Å². The Labute approximate surface area is 123 Å². The normalized spacial score (nSPS) is 16.5. The topological polar surface area (TPSA) is 95.7 Å². The van der Waals surface area contributed by atoms with Crippen LogP contribution in [0.5, 0.6) is 0 Å². The molecule has 1 saturated heterocycles. The lowest BCUT2D eigenvalue weighted by molar-refractivity contribution is -0.110. The summed E-state index contributed by atoms with van der Waals surface area (Å²) in [4.78, 5) is 24.5. The van der Waals surface area contributed by atoms with Crippen LogP contribution < -0.4 is 11.1 Å². The zero-order chi connectivity index (χ0) is 15.6. The molecule has 4 N–H and O–H groups in total. The van der Waals surface area contributed by atoms with E-state index in [1.54, 1.807) is 29.2 Å². The molecule has 0 unspecified atom stereocenters. The number of nitrogens with one attached hydrogen (secondary N) is 1. The van der Waals surface area contributed by atoms with Gasteiger partial charge in [0.2, 0.25) is 0 Å². The SMILES string of the molecule is CC(C)C1(O)CN(C(=O)c2ccc(CNC(N)=O)cc2)C1. The fourth-order valence-corrected chi connectivity index (χ4v) is 2.26. The molecule has 1 heterocycles. The summed E-state index contributed by atoms with van der Waals surface area (Å²) in [5, 5.41) is 12.7. The minimum Gasteiger partial charge on any atom is -0.386 e. The second-order valence-electron chi connectivity index (χ2n) is 5.83. The maximum absolute atomic E-state index is 12.2. The first-order chi connectivity index (χ1) is 9.82. The van der Waals surface area contributed by atoms with Crippen LogP contribution in [0.4, 0.5) is 4.79 Å². The highest BCUT2D eigenvalue weighted by atomic mass is 16.3. The molecule has 114 valence electrons. The van der Waals surface area contributed by atoms with Gasteiger partial charge in [0.1, 0.15) is 5.60 Å². The van der Waals surface area contributed by atoms with E-state index in [0.29, 0.717) is 25.2 Å². The van der Waals surface area contributed by atoms with Crippen molar-refractivity contribution < 1.29 is 14.7 Å². The van der Waals surface area contributed by atoms with Gasteiger partial charge in [-0.15, -0.1) is 0 Å². The van der Waals surface area contributed by atoms with E-state index >= 15 is 0 Å². The molecule has 1 aliphatic rings. The molecule has 0 atom stereocenters. The van der Waals surface area contributed by atoms with E-state index < -0.39 is 11.6 Å². The Kier molecular flexibility index (Phi) is 4.18. The largest absolute Gasteiger partial charge is 0.386 e.